The highest BCUT2D eigenvalue weighted by atomic mass is 15.1. The molecule has 72 valence electrons. The molecule has 14 heavy (non-hydrogen) atoms. The Morgan fingerprint density at radius 2 is 2.36 bits per heavy atom. The van der Waals surface area contributed by atoms with Gasteiger partial charge in [0.05, 0.1) is 17.1 Å². The topological polar surface area (TPSA) is 43.8 Å². The minimum Gasteiger partial charge on any atom is -0.327 e. The van der Waals surface area contributed by atoms with Gasteiger partial charge in [0.25, 0.3) is 0 Å². The van der Waals surface area contributed by atoms with Gasteiger partial charge in [-0.1, -0.05) is 6.07 Å². The fourth-order valence-electron chi connectivity index (χ4n) is 2.17. The van der Waals surface area contributed by atoms with E-state index in [2.05, 4.69) is 34.7 Å². The number of aryl methyl sites for hydroxylation is 2. The lowest BCUT2D eigenvalue weighted by molar-refractivity contribution is 0.685. The van der Waals surface area contributed by atoms with Gasteiger partial charge in [0.2, 0.25) is 0 Å². The van der Waals surface area contributed by atoms with Gasteiger partial charge in [0.1, 0.15) is 5.82 Å². The quantitative estimate of drug-likeness (QED) is 0.682. The molecule has 0 radical (unpaired) electrons. The Balaban J connectivity index is 2.36. The molecule has 1 aliphatic heterocycles. The van der Waals surface area contributed by atoms with Crippen molar-refractivity contribution in [1.29, 1.82) is 0 Å². The molecule has 2 heterocycles. The van der Waals surface area contributed by atoms with Crippen molar-refractivity contribution < 1.29 is 0 Å². The Labute approximate surface area is 82.5 Å². The zero-order valence-corrected chi connectivity index (χ0v) is 8.20. The number of hydrogen-bond acceptors (Lipinski definition) is 2. The van der Waals surface area contributed by atoms with Crippen LogP contribution in [-0.2, 0) is 6.54 Å². The maximum Gasteiger partial charge on any atom is 0.126 e. The Kier molecular flexibility index (Phi) is 1.47. The van der Waals surface area contributed by atoms with Gasteiger partial charge in [-0.3, -0.25) is 0 Å². The zero-order chi connectivity index (χ0) is 9.71. The van der Waals surface area contributed by atoms with Crippen molar-refractivity contribution in [3.05, 3.63) is 29.6 Å². The van der Waals surface area contributed by atoms with Crippen LogP contribution in [0, 0.1) is 6.92 Å². The molecule has 1 atom stereocenters. The molecule has 2 N–H and O–H groups in total. The highest BCUT2D eigenvalue weighted by Crippen LogP contribution is 2.28. The normalized spacial score (nSPS) is 20.3. The molecule has 0 aliphatic carbocycles. The van der Waals surface area contributed by atoms with Crippen LogP contribution in [0.2, 0.25) is 0 Å². The first-order valence-corrected chi connectivity index (χ1v) is 4.98. The van der Waals surface area contributed by atoms with E-state index in [4.69, 9.17) is 5.73 Å². The number of nitrogens with zero attached hydrogens (tertiary/aromatic N) is 2. The van der Waals surface area contributed by atoms with Crippen LogP contribution in [0.25, 0.3) is 11.0 Å². The summed E-state index contributed by atoms with van der Waals surface area (Å²) in [6.45, 7) is 3.12. The van der Waals surface area contributed by atoms with Gasteiger partial charge >= 0.3 is 0 Å². The van der Waals surface area contributed by atoms with Gasteiger partial charge in [-0.2, -0.15) is 0 Å². The van der Waals surface area contributed by atoms with E-state index in [0.29, 0.717) is 0 Å². The zero-order valence-electron chi connectivity index (χ0n) is 8.20. The van der Waals surface area contributed by atoms with Crippen LogP contribution in [0.4, 0.5) is 0 Å². The van der Waals surface area contributed by atoms with Crippen molar-refractivity contribution in [3.63, 3.8) is 0 Å². The minimum atomic E-state index is 0.128. The summed E-state index contributed by atoms with van der Waals surface area (Å²) in [5.41, 5.74) is 9.54. The van der Waals surface area contributed by atoms with E-state index in [0.717, 1.165) is 24.3 Å². The largest absolute Gasteiger partial charge is 0.327 e. The third kappa shape index (κ3) is 0.930. The predicted octanol–water partition coefficient (Wildman–Crippen LogP) is 1.75. The van der Waals surface area contributed by atoms with Crippen molar-refractivity contribution >= 4 is 11.0 Å². The van der Waals surface area contributed by atoms with Gasteiger partial charge in [-0.25, -0.2) is 4.98 Å². The first kappa shape index (κ1) is 8.00. The van der Waals surface area contributed by atoms with Gasteiger partial charge in [0, 0.05) is 6.54 Å². The van der Waals surface area contributed by atoms with E-state index >= 15 is 0 Å². The molecule has 3 rings (SSSR count). The lowest BCUT2D eigenvalue weighted by atomic mass is 10.2. The molecular formula is C11H13N3. The summed E-state index contributed by atoms with van der Waals surface area (Å²) in [5.74, 6) is 1.05. The van der Waals surface area contributed by atoms with E-state index < -0.39 is 0 Å². The van der Waals surface area contributed by atoms with E-state index in [-0.39, 0.29) is 6.04 Å². The second kappa shape index (κ2) is 2.58. The lowest BCUT2D eigenvalue weighted by Crippen LogP contribution is -2.06. The molecule has 0 unspecified atom stereocenters. The Morgan fingerprint density at radius 3 is 3.21 bits per heavy atom. The summed E-state index contributed by atoms with van der Waals surface area (Å²) in [6.07, 6.45) is 1.02. The second-order valence-corrected chi connectivity index (χ2v) is 4.01. The molecular weight excluding hydrogens is 174 g/mol. The van der Waals surface area contributed by atoms with E-state index in [9.17, 15) is 0 Å². The Hall–Kier alpha value is -1.35. The molecule has 3 heteroatoms. The minimum absolute atomic E-state index is 0.128. The number of fused-ring (bicyclic) bond motifs is 3. The number of hydrogen-bond donors (Lipinski definition) is 1. The number of aromatic nitrogens is 2. The molecule has 1 aromatic carbocycles. The number of rotatable bonds is 0. The summed E-state index contributed by atoms with van der Waals surface area (Å²) >= 11 is 0. The lowest BCUT2D eigenvalue weighted by Gasteiger charge is -1.98. The van der Waals surface area contributed by atoms with Crippen LogP contribution in [-0.4, -0.2) is 9.55 Å². The maximum absolute atomic E-state index is 5.96. The monoisotopic (exact) mass is 187 g/mol. The molecule has 1 aromatic heterocycles. The van der Waals surface area contributed by atoms with Crippen LogP contribution in [0.15, 0.2) is 18.2 Å². The third-order valence-corrected chi connectivity index (χ3v) is 2.93. The fraction of sp³-hybridized carbons (Fsp3) is 0.364. The predicted molar refractivity (Wildman–Crippen MR) is 56.0 cm³/mol. The van der Waals surface area contributed by atoms with Crippen LogP contribution >= 0.6 is 0 Å². The summed E-state index contributed by atoms with van der Waals surface area (Å²) < 4.78 is 2.24. The molecule has 0 amide bonds. The summed E-state index contributed by atoms with van der Waals surface area (Å²) in [5, 5.41) is 0. The van der Waals surface area contributed by atoms with E-state index in [1.807, 2.05) is 0 Å². The summed E-state index contributed by atoms with van der Waals surface area (Å²) in [6, 6.07) is 6.48. The molecule has 2 aromatic rings. The van der Waals surface area contributed by atoms with Crippen molar-refractivity contribution in [2.45, 2.75) is 25.9 Å². The molecule has 1 aliphatic rings. The third-order valence-electron chi connectivity index (χ3n) is 2.93. The average molecular weight is 187 g/mol. The van der Waals surface area contributed by atoms with Gasteiger partial charge in [0.15, 0.2) is 0 Å². The number of imidazole rings is 1. The van der Waals surface area contributed by atoms with Crippen LogP contribution in [0.1, 0.15) is 23.9 Å². The standard InChI is InChI=1S/C11H13N3/c1-7-2-3-9-10(6-7)14-5-4-8(12)11(14)13-9/h2-3,6,8H,4-5,12H2,1H3/t8-/m1/s1. The second-order valence-electron chi connectivity index (χ2n) is 4.01. The van der Waals surface area contributed by atoms with Crippen LogP contribution < -0.4 is 5.73 Å². The van der Waals surface area contributed by atoms with Crippen molar-refractivity contribution in [2.75, 3.05) is 0 Å². The molecule has 0 saturated carbocycles. The van der Waals surface area contributed by atoms with Crippen LogP contribution in [0.5, 0.6) is 0 Å². The van der Waals surface area contributed by atoms with Gasteiger partial charge < -0.3 is 10.3 Å². The van der Waals surface area contributed by atoms with Crippen LogP contribution in [0.3, 0.4) is 0 Å². The van der Waals surface area contributed by atoms with Crippen molar-refractivity contribution in [3.8, 4) is 0 Å². The Morgan fingerprint density at radius 1 is 1.50 bits per heavy atom. The van der Waals surface area contributed by atoms with Gasteiger partial charge in [-0.05, 0) is 31.0 Å². The maximum atomic E-state index is 5.96. The average Bonchev–Trinajstić information content (AvgIpc) is 2.67. The van der Waals surface area contributed by atoms with E-state index in [1.54, 1.807) is 0 Å². The van der Waals surface area contributed by atoms with E-state index in [1.165, 1.54) is 11.1 Å². The Bertz CT molecular complexity index is 498. The SMILES string of the molecule is Cc1ccc2nc3n(c2c1)CC[C@H]3N. The van der Waals surface area contributed by atoms with Crippen molar-refractivity contribution in [2.24, 2.45) is 5.73 Å². The highest BCUT2D eigenvalue weighted by Gasteiger charge is 2.22. The molecule has 0 saturated heterocycles. The summed E-state index contributed by atoms with van der Waals surface area (Å²) in [7, 11) is 0. The molecule has 0 spiro atoms. The molecule has 0 bridgehead atoms. The number of benzene rings is 1. The first-order chi connectivity index (χ1) is 6.75. The first-order valence-electron chi connectivity index (χ1n) is 4.98. The highest BCUT2D eigenvalue weighted by molar-refractivity contribution is 5.77. The van der Waals surface area contributed by atoms with Crippen molar-refractivity contribution in [1.82, 2.24) is 9.55 Å². The van der Waals surface area contributed by atoms with Gasteiger partial charge in [-0.15, -0.1) is 0 Å². The number of nitrogens with two attached hydrogens (primary N) is 1. The smallest absolute Gasteiger partial charge is 0.126 e. The molecule has 3 nitrogen and oxygen atoms in total. The summed E-state index contributed by atoms with van der Waals surface area (Å²) in [4.78, 5) is 4.55. The fourth-order valence-corrected chi connectivity index (χ4v) is 2.17. The molecule has 0 fully saturated rings.